The zero-order valence-electron chi connectivity index (χ0n) is 16.5. The molecule has 0 saturated carbocycles. The highest BCUT2D eigenvalue weighted by molar-refractivity contribution is 6.31. The van der Waals surface area contributed by atoms with Gasteiger partial charge in [0, 0.05) is 11.1 Å². The second kappa shape index (κ2) is 10.4. The van der Waals surface area contributed by atoms with Gasteiger partial charge in [-0.3, -0.25) is 4.79 Å². The predicted molar refractivity (Wildman–Crippen MR) is 111 cm³/mol. The van der Waals surface area contributed by atoms with Crippen LogP contribution < -0.4 is 19.5 Å². The van der Waals surface area contributed by atoms with E-state index in [0.717, 1.165) is 0 Å². The van der Waals surface area contributed by atoms with Gasteiger partial charge in [0.25, 0.3) is 5.91 Å². The van der Waals surface area contributed by atoms with Gasteiger partial charge in [-0.05, 0) is 48.9 Å². The van der Waals surface area contributed by atoms with Crippen molar-refractivity contribution in [2.45, 2.75) is 13.0 Å². The van der Waals surface area contributed by atoms with Gasteiger partial charge in [0.05, 0.1) is 27.0 Å². The highest BCUT2D eigenvalue weighted by atomic mass is 35.5. The second-order valence-corrected chi connectivity index (χ2v) is 6.30. The van der Waals surface area contributed by atoms with Crippen molar-refractivity contribution < 1.29 is 28.5 Å². The Balaban J connectivity index is 1.99. The Bertz CT molecular complexity index is 912. The molecule has 1 unspecified atom stereocenters. The summed E-state index contributed by atoms with van der Waals surface area (Å²) in [4.78, 5) is 24.4. The molecule has 0 aromatic heterocycles. The number of carbonyl (C=O) groups excluding carboxylic acids is 2. The van der Waals surface area contributed by atoms with Crippen molar-refractivity contribution in [1.29, 1.82) is 0 Å². The van der Waals surface area contributed by atoms with Crippen molar-refractivity contribution in [1.82, 2.24) is 0 Å². The zero-order chi connectivity index (χ0) is 21.4. The van der Waals surface area contributed by atoms with Crippen LogP contribution in [0.1, 0.15) is 12.5 Å². The van der Waals surface area contributed by atoms with E-state index < -0.39 is 18.0 Å². The maximum Gasteiger partial charge on any atom is 0.331 e. The minimum Gasteiger partial charge on any atom is -0.495 e. The number of esters is 1. The second-order valence-electron chi connectivity index (χ2n) is 5.86. The molecule has 0 radical (unpaired) electrons. The molecule has 1 amide bonds. The molecule has 8 heteroatoms. The van der Waals surface area contributed by atoms with Crippen LogP contribution in [0.2, 0.25) is 5.02 Å². The van der Waals surface area contributed by atoms with Crippen molar-refractivity contribution in [3.8, 4) is 17.2 Å². The molecular formula is C21H22ClNO6. The molecule has 0 bridgehead atoms. The number of amides is 1. The Labute approximate surface area is 174 Å². The molecule has 154 valence electrons. The topological polar surface area (TPSA) is 83.1 Å². The molecule has 0 aliphatic rings. The quantitative estimate of drug-likeness (QED) is 0.515. The maximum atomic E-state index is 12.3. The third kappa shape index (κ3) is 6.15. The first-order valence-corrected chi connectivity index (χ1v) is 9.00. The van der Waals surface area contributed by atoms with E-state index in [4.69, 9.17) is 30.5 Å². The van der Waals surface area contributed by atoms with Crippen molar-refractivity contribution >= 4 is 35.2 Å². The van der Waals surface area contributed by atoms with Gasteiger partial charge in [-0.1, -0.05) is 17.7 Å². The summed E-state index contributed by atoms with van der Waals surface area (Å²) in [6.07, 6.45) is 1.75. The molecule has 2 aromatic rings. The van der Waals surface area contributed by atoms with Gasteiger partial charge < -0.3 is 24.3 Å². The van der Waals surface area contributed by atoms with E-state index >= 15 is 0 Å². The molecule has 0 aliphatic heterocycles. The van der Waals surface area contributed by atoms with E-state index in [0.29, 0.717) is 33.5 Å². The third-order valence-corrected chi connectivity index (χ3v) is 4.14. The van der Waals surface area contributed by atoms with Gasteiger partial charge in [-0.15, -0.1) is 0 Å². The van der Waals surface area contributed by atoms with E-state index in [1.165, 1.54) is 34.3 Å². The average molecular weight is 420 g/mol. The minimum absolute atomic E-state index is 0.383. The fraction of sp³-hybridized carbons (Fsp3) is 0.238. The van der Waals surface area contributed by atoms with E-state index in [9.17, 15) is 9.59 Å². The summed E-state index contributed by atoms with van der Waals surface area (Å²) >= 11 is 5.94. The van der Waals surface area contributed by atoms with E-state index in [1.807, 2.05) is 0 Å². The van der Waals surface area contributed by atoms with Gasteiger partial charge in [-0.25, -0.2) is 4.79 Å². The number of halogens is 1. The Kier molecular flexibility index (Phi) is 7.91. The van der Waals surface area contributed by atoms with Gasteiger partial charge in [0.1, 0.15) is 5.75 Å². The summed E-state index contributed by atoms with van der Waals surface area (Å²) in [5.74, 6) is 0.369. The molecule has 2 aromatic carbocycles. The van der Waals surface area contributed by atoms with Crippen LogP contribution in [0.3, 0.4) is 0 Å². The number of hydrogen-bond donors (Lipinski definition) is 1. The normalized spacial score (nSPS) is 11.6. The Morgan fingerprint density at radius 2 is 1.62 bits per heavy atom. The molecule has 0 aliphatic carbocycles. The first-order chi connectivity index (χ1) is 13.9. The van der Waals surface area contributed by atoms with Gasteiger partial charge in [-0.2, -0.15) is 0 Å². The first-order valence-electron chi connectivity index (χ1n) is 8.63. The van der Waals surface area contributed by atoms with Gasteiger partial charge >= 0.3 is 5.97 Å². The van der Waals surface area contributed by atoms with E-state index in [-0.39, 0.29) is 0 Å². The van der Waals surface area contributed by atoms with Crippen molar-refractivity contribution in [3.05, 3.63) is 53.1 Å². The smallest absolute Gasteiger partial charge is 0.331 e. The summed E-state index contributed by atoms with van der Waals surface area (Å²) in [6, 6.07) is 10.00. The fourth-order valence-electron chi connectivity index (χ4n) is 2.40. The number of benzene rings is 2. The highest BCUT2D eigenvalue weighted by Crippen LogP contribution is 2.29. The van der Waals surface area contributed by atoms with Crippen LogP contribution >= 0.6 is 11.6 Å². The molecule has 0 heterocycles. The minimum atomic E-state index is -1.03. The van der Waals surface area contributed by atoms with Crippen LogP contribution in [0, 0.1) is 0 Å². The van der Waals surface area contributed by atoms with Crippen LogP contribution in [0.5, 0.6) is 17.2 Å². The molecule has 0 saturated heterocycles. The molecule has 2 rings (SSSR count). The number of ether oxygens (including phenoxy) is 4. The summed E-state index contributed by atoms with van der Waals surface area (Å²) in [7, 11) is 4.53. The molecule has 29 heavy (non-hydrogen) atoms. The fourth-order valence-corrected chi connectivity index (χ4v) is 2.57. The lowest BCUT2D eigenvalue weighted by Crippen LogP contribution is -2.29. The number of nitrogens with one attached hydrogen (secondary N) is 1. The molecule has 1 atom stereocenters. The van der Waals surface area contributed by atoms with Crippen LogP contribution in [0.25, 0.3) is 6.08 Å². The molecule has 0 spiro atoms. The average Bonchev–Trinajstić information content (AvgIpc) is 2.72. The van der Waals surface area contributed by atoms with Crippen LogP contribution in [0.4, 0.5) is 5.69 Å². The number of hydrogen-bond acceptors (Lipinski definition) is 6. The van der Waals surface area contributed by atoms with Crippen LogP contribution in [-0.2, 0) is 14.3 Å². The molecule has 1 N–H and O–H groups in total. The summed E-state index contributed by atoms with van der Waals surface area (Å²) in [5, 5.41) is 3.06. The first kappa shape index (κ1) is 22.1. The predicted octanol–water partition coefficient (Wildman–Crippen LogP) is 3.95. The van der Waals surface area contributed by atoms with Crippen LogP contribution in [-0.4, -0.2) is 39.3 Å². The summed E-state index contributed by atoms with van der Waals surface area (Å²) in [6.45, 7) is 1.47. The number of rotatable bonds is 8. The number of methoxy groups -OCH3 is 3. The zero-order valence-corrected chi connectivity index (χ0v) is 17.3. The lowest BCUT2D eigenvalue weighted by atomic mass is 10.2. The highest BCUT2D eigenvalue weighted by Gasteiger charge is 2.18. The number of anilines is 1. The lowest BCUT2D eigenvalue weighted by Gasteiger charge is -2.14. The van der Waals surface area contributed by atoms with Crippen molar-refractivity contribution in [2.24, 2.45) is 0 Å². The monoisotopic (exact) mass is 419 g/mol. The van der Waals surface area contributed by atoms with Gasteiger partial charge in [0.15, 0.2) is 17.6 Å². The third-order valence-electron chi connectivity index (χ3n) is 3.90. The van der Waals surface area contributed by atoms with E-state index in [2.05, 4.69) is 5.32 Å². The lowest BCUT2D eigenvalue weighted by molar-refractivity contribution is -0.148. The largest absolute Gasteiger partial charge is 0.495 e. The van der Waals surface area contributed by atoms with Crippen molar-refractivity contribution in [3.63, 3.8) is 0 Å². The van der Waals surface area contributed by atoms with E-state index in [1.54, 1.807) is 42.5 Å². The Morgan fingerprint density at radius 1 is 0.966 bits per heavy atom. The Morgan fingerprint density at radius 3 is 2.28 bits per heavy atom. The molecule has 7 nitrogen and oxygen atoms in total. The molecule has 0 fully saturated rings. The summed E-state index contributed by atoms with van der Waals surface area (Å²) in [5.41, 5.74) is 1.09. The van der Waals surface area contributed by atoms with Gasteiger partial charge in [0.2, 0.25) is 0 Å². The standard InChI is InChI=1S/C21H22ClNO6/c1-13(21(25)23-16-12-15(22)7-9-17(16)26-2)29-20(24)10-6-14-5-8-18(27-3)19(11-14)28-4/h5-13H,1-4H3,(H,23,25). The SMILES string of the molecule is COc1ccc(Cl)cc1NC(=O)C(C)OC(=O)C=Cc1ccc(OC)c(OC)c1. The maximum absolute atomic E-state index is 12.3. The van der Waals surface area contributed by atoms with Crippen molar-refractivity contribution in [2.75, 3.05) is 26.6 Å². The summed E-state index contributed by atoms with van der Waals surface area (Å²) < 4.78 is 20.7. The molecular weight excluding hydrogens is 398 g/mol. The van der Waals surface area contributed by atoms with Crippen LogP contribution in [0.15, 0.2) is 42.5 Å². The Hall–Kier alpha value is -3.19. The number of carbonyl (C=O) groups is 2.